The van der Waals surface area contributed by atoms with Gasteiger partial charge in [0.25, 0.3) is 0 Å². The first-order valence-corrected chi connectivity index (χ1v) is 7.41. The quantitative estimate of drug-likeness (QED) is 0.767. The van der Waals surface area contributed by atoms with Crippen molar-refractivity contribution in [3.63, 3.8) is 0 Å². The van der Waals surface area contributed by atoms with E-state index in [0.29, 0.717) is 6.04 Å². The largest absolute Gasteiger partial charge is 0.394 e. The van der Waals surface area contributed by atoms with E-state index in [9.17, 15) is 5.11 Å². The third-order valence-corrected chi connectivity index (χ3v) is 5.10. The second-order valence-corrected chi connectivity index (χ2v) is 6.76. The predicted molar refractivity (Wildman–Crippen MR) is 69.2 cm³/mol. The van der Waals surface area contributed by atoms with Crippen LogP contribution in [0.2, 0.25) is 0 Å². The van der Waals surface area contributed by atoms with Crippen LogP contribution in [0.4, 0.5) is 0 Å². The van der Waals surface area contributed by atoms with Crippen LogP contribution in [0, 0.1) is 6.92 Å². The lowest BCUT2D eigenvalue weighted by atomic mass is 10.1. The fraction of sp³-hybridized carbons (Fsp3) is 0.727. The van der Waals surface area contributed by atoms with Gasteiger partial charge in [0.1, 0.15) is 4.34 Å². The van der Waals surface area contributed by atoms with Crippen molar-refractivity contribution < 1.29 is 5.11 Å². The summed E-state index contributed by atoms with van der Waals surface area (Å²) in [6.07, 6.45) is 2.49. The second kappa shape index (κ2) is 5.04. The van der Waals surface area contributed by atoms with Crippen molar-refractivity contribution in [2.24, 2.45) is 0 Å². The van der Waals surface area contributed by atoms with Crippen LogP contribution in [-0.4, -0.2) is 34.0 Å². The molecule has 5 heteroatoms. The third kappa shape index (κ3) is 3.45. The van der Waals surface area contributed by atoms with Gasteiger partial charge < -0.3 is 10.4 Å². The Kier molecular flexibility index (Phi) is 3.89. The van der Waals surface area contributed by atoms with E-state index in [-0.39, 0.29) is 12.1 Å². The standard InChI is InChI=1S/C11H18N2OS2/c1-8-5-15-10(12-8)16-7-11(2,6-14)13-9-3-4-9/h5,9,13-14H,3-4,6-7H2,1-2H3. The van der Waals surface area contributed by atoms with Gasteiger partial charge in [0.2, 0.25) is 0 Å². The molecule has 1 heterocycles. The summed E-state index contributed by atoms with van der Waals surface area (Å²) in [5, 5.41) is 15.0. The van der Waals surface area contributed by atoms with Crippen LogP contribution >= 0.6 is 23.1 Å². The van der Waals surface area contributed by atoms with Crippen molar-refractivity contribution in [3.8, 4) is 0 Å². The average molecular weight is 258 g/mol. The highest BCUT2D eigenvalue weighted by Gasteiger charge is 2.32. The summed E-state index contributed by atoms with van der Waals surface area (Å²) in [5.74, 6) is 0.868. The number of hydrogen-bond acceptors (Lipinski definition) is 5. The lowest BCUT2D eigenvalue weighted by Crippen LogP contribution is -2.49. The Hall–Kier alpha value is -0.100. The predicted octanol–water partition coefficient (Wildman–Crippen LogP) is 2.05. The maximum atomic E-state index is 9.45. The van der Waals surface area contributed by atoms with Crippen LogP contribution in [0.15, 0.2) is 9.72 Å². The molecule has 1 unspecified atom stereocenters. The monoisotopic (exact) mass is 258 g/mol. The van der Waals surface area contributed by atoms with Crippen molar-refractivity contribution in [3.05, 3.63) is 11.1 Å². The molecule has 16 heavy (non-hydrogen) atoms. The van der Waals surface area contributed by atoms with Gasteiger partial charge in [-0.25, -0.2) is 4.98 Å². The molecule has 0 amide bonds. The number of aryl methyl sites for hydroxylation is 1. The number of hydrogen-bond donors (Lipinski definition) is 2. The molecule has 0 aliphatic heterocycles. The first-order chi connectivity index (χ1) is 7.61. The number of aromatic nitrogens is 1. The molecule has 0 bridgehead atoms. The molecule has 3 nitrogen and oxygen atoms in total. The van der Waals surface area contributed by atoms with Crippen LogP contribution in [0.3, 0.4) is 0 Å². The molecule has 1 aliphatic rings. The number of aliphatic hydroxyl groups is 1. The number of nitrogens with one attached hydrogen (secondary N) is 1. The topological polar surface area (TPSA) is 45.1 Å². The Morgan fingerprint density at radius 1 is 1.69 bits per heavy atom. The molecular weight excluding hydrogens is 240 g/mol. The summed E-state index contributed by atoms with van der Waals surface area (Å²) in [4.78, 5) is 4.41. The van der Waals surface area contributed by atoms with Gasteiger partial charge in [0, 0.05) is 28.4 Å². The Balaban J connectivity index is 1.85. The highest BCUT2D eigenvalue weighted by atomic mass is 32.2. The maximum absolute atomic E-state index is 9.45. The molecule has 0 radical (unpaired) electrons. The number of thioether (sulfide) groups is 1. The van der Waals surface area contributed by atoms with E-state index < -0.39 is 0 Å². The minimum atomic E-state index is -0.175. The molecule has 90 valence electrons. The number of rotatable bonds is 6. The zero-order valence-corrected chi connectivity index (χ0v) is 11.3. The summed E-state index contributed by atoms with van der Waals surface area (Å²) in [5.41, 5.74) is 0.902. The molecule has 2 rings (SSSR count). The van der Waals surface area contributed by atoms with E-state index in [1.165, 1.54) is 12.8 Å². The van der Waals surface area contributed by atoms with Gasteiger partial charge in [-0.1, -0.05) is 11.8 Å². The van der Waals surface area contributed by atoms with E-state index >= 15 is 0 Å². The number of thiazole rings is 1. The fourth-order valence-corrected chi connectivity index (χ4v) is 3.41. The van der Waals surface area contributed by atoms with Crippen LogP contribution < -0.4 is 5.32 Å². The third-order valence-electron chi connectivity index (χ3n) is 2.59. The van der Waals surface area contributed by atoms with E-state index in [1.54, 1.807) is 23.1 Å². The summed E-state index contributed by atoms with van der Waals surface area (Å²) in [6, 6.07) is 0.621. The Bertz CT molecular complexity index is 352. The highest BCUT2D eigenvalue weighted by Crippen LogP contribution is 2.28. The normalized spacial score (nSPS) is 19.7. The molecule has 1 aliphatic carbocycles. The van der Waals surface area contributed by atoms with E-state index in [0.717, 1.165) is 15.8 Å². The lowest BCUT2D eigenvalue weighted by molar-refractivity contribution is 0.190. The molecule has 0 aromatic carbocycles. The van der Waals surface area contributed by atoms with Gasteiger partial charge in [0.15, 0.2) is 0 Å². The molecule has 0 spiro atoms. The van der Waals surface area contributed by atoms with Gasteiger partial charge in [-0.3, -0.25) is 0 Å². The zero-order chi connectivity index (χ0) is 11.6. The Labute approximate surface area is 105 Å². The SMILES string of the molecule is Cc1csc(SCC(C)(CO)NC2CC2)n1. The minimum absolute atomic E-state index is 0.175. The first-order valence-electron chi connectivity index (χ1n) is 5.55. The molecule has 2 N–H and O–H groups in total. The van der Waals surface area contributed by atoms with Crippen molar-refractivity contribution in [2.75, 3.05) is 12.4 Å². The van der Waals surface area contributed by atoms with Crippen molar-refractivity contribution in [1.82, 2.24) is 10.3 Å². The van der Waals surface area contributed by atoms with Crippen molar-refractivity contribution in [2.45, 2.75) is 42.6 Å². The highest BCUT2D eigenvalue weighted by molar-refractivity contribution is 8.01. The molecule has 1 aromatic rings. The van der Waals surface area contributed by atoms with E-state index in [4.69, 9.17) is 0 Å². The summed E-state index contributed by atoms with van der Waals surface area (Å²) >= 11 is 3.41. The zero-order valence-electron chi connectivity index (χ0n) is 9.69. The molecule has 1 fully saturated rings. The second-order valence-electron chi connectivity index (χ2n) is 4.68. The van der Waals surface area contributed by atoms with E-state index in [2.05, 4.69) is 22.6 Å². The first kappa shape index (κ1) is 12.4. The molecule has 0 saturated heterocycles. The van der Waals surface area contributed by atoms with Gasteiger partial charge in [-0.2, -0.15) is 0 Å². The summed E-state index contributed by atoms with van der Waals surface area (Å²) in [7, 11) is 0. The lowest BCUT2D eigenvalue weighted by Gasteiger charge is -2.28. The van der Waals surface area contributed by atoms with Gasteiger partial charge in [0.05, 0.1) is 6.61 Å². The number of aliphatic hydroxyl groups excluding tert-OH is 1. The van der Waals surface area contributed by atoms with Crippen molar-refractivity contribution in [1.29, 1.82) is 0 Å². The average Bonchev–Trinajstić information content (AvgIpc) is 2.97. The molecular formula is C11H18N2OS2. The molecule has 1 atom stereocenters. The number of nitrogens with zero attached hydrogens (tertiary/aromatic N) is 1. The van der Waals surface area contributed by atoms with E-state index in [1.807, 2.05) is 6.92 Å². The summed E-state index contributed by atoms with van der Waals surface area (Å²) in [6.45, 7) is 4.27. The Morgan fingerprint density at radius 3 is 2.94 bits per heavy atom. The van der Waals surface area contributed by atoms with Crippen LogP contribution in [0.5, 0.6) is 0 Å². The smallest absolute Gasteiger partial charge is 0.150 e. The Morgan fingerprint density at radius 2 is 2.44 bits per heavy atom. The molecule has 1 aromatic heterocycles. The van der Waals surface area contributed by atoms with Crippen LogP contribution in [0.1, 0.15) is 25.5 Å². The van der Waals surface area contributed by atoms with Gasteiger partial charge in [-0.05, 0) is 26.7 Å². The van der Waals surface area contributed by atoms with Gasteiger partial charge >= 0.3 is 0 Å². The van der Waals surface area contributed by atoms with Crippen LogP contribution in [-0.2, 0) is 0 Å². The van der Waals surface area contributed by atoms with Crippen molar-refractivity contribution >= 4 is 23.1 Å². The summed E-state index contributed by atoms with van der Waals surface area (Å²) < 4.78 is 1.09. The molecule has 1 saturated carbocycles. The maximum Gasteiger partial charge on any atom is 0.150 e. The van der Waals surface area contributed by atoms with Crippen LogP contribution in [0.25, 0.3) is 0 Å². The fourth-order valence-electron chi connectivity index (χ4n) is 1.47. The van der Waals surface area contributed by atoms with Gasteiger partial charge in [-0.15, -0.1) is 11.3 Å². The minimum Gasteiger partial charge on any atom is -0.394 e.